The largest absolute Gasteiger partial charge is 0.297 e. The Bertz CT molecular complexity index is 1340. The van der Waals surface area contributed by atoms with Gasteiger partial charge in [0.2, 0.25) is 0 Å². The molecule has 0 aliphatic heterocycles. The molecule has 0 aliphatic carbocycles. The second-order valence-corrected chi connectivity index (χ2v) is 10.0. The van der Waals surface area contributed by atoms with Gasteiger partial charge in [0, 0.05) is 11.3 Å². The summed E-state index contributed by atoms with van der Waals surface area (Å²) < 4.78 is 0. The Hall–Kier alpha value is -3.67. The quantitative estimate of drug-likeness (QED) is 0.115. The lowest BCUT2D eigenvalue weighted by atomic mass is 9.16. The highest BCUT2D eigenvalue weighted by atomic mass is 32.2. The van der Waals surface area contributed by atoms with Crippen molar-refractivity contribution < 1.29 is 0 Å². The van der Waals surface area contributed by atoms with Crippen LogP contribution in [0, 0.1) is 11.7 Å². The molecule has 0 heterocycles. The number of unbranched alkanes of at least 4 members (excludes halogenated alkanes) is 1. The van der Waals surface area contributed by atoms with E-state index < -0.39 is 6.15 Å². The SMILES string of the molecule is C(#C[B-](c1ccccc1)(c1ccccc1)c1ccccc1)CCCSc1ccc2ccccc2c1. The summed E-state index contributed by atoms with van der Waals surface area (Å²) in [4.78, 5) is 1.33. The van der Waals surface area contributed by atoms with Crippen molar-refractivity contribution in [1.29, 1.82) is 0 Å². The van der Waals surface area contributed by atoms with Crippen LogP contribution in [0.4, 0.5) is 0 Å². The lowest BCUT2D eigenvalue weighted by Crippen LogP contribution is -2.66. The van der Waals surface area contributed by atoms with Crippen molar-refractivity contribution in [3.63, 3.8) is 0 Å². The molecule has 0 aliphatic rings. The second-order valence-electron chi connectivity index (χ2n) is 8.88. The van der Waals surface area contributed by atoms with E-state index in [1.165, 1.54) is 32.1 Å². The van der Waals surface area contributed by atoms with Gasteiger partial charge >= 0.3 is 0 Å². The highest BCUT2D eigenvalue weighted by molar-refractivity contribution is 7.99. The predicted octanol–water partition coefficient (Wildman–Crippen LogP) is 6.43. The Morgan fingerprint density at radius 2 is 1.06 bits per heavy atom. The van der Waals surface area contributed by atoms with Gasteiger partial charge in [0.15, 0.2) is 0 Å². The third-order valence-electron chi connectivity index (χ3n) is 6.65. The number of hydrogen-bond acceptors (Lipinski definition) is 1. The summed E-state index contributed by atoms with van der Waals surface area (Å²) in [5, 5.41) is 2.60. The van der Waals surface area contributed by atoms with Gasteiger partial charge in [-0.3, -0.25) is 5.82 Å². The van der Waals surface area contributed by atoms with Crippen molar-refractivity contribution in [3.8, 4) is 11.7 Å². The van der Waals surface area contributed by atoms with Crippen LogP contribution in [-0.2, 0) is 0 Å². The van der Waals surface area contributed by atoms with Crippen LogP contribution in [0.25, 0.3) is 10.8 Å². The van der Waals surface area contributed by atoms with Crippen LogP contribution in [-0.4, -0.2) is 11.9 Å². The maximum absolute atomic E-state index is 3.81. The minimum absolute atomic E-state index is 0.885. The first-order valence-corrected chi connectivity index (χ1v) is 13.3. The van der Waals surface area contributed by atoms with Crippen LogP contribution in [0.15, 0.2) is 138 Å². The van der Waals surface area contributed by atoms with Gasteiger partial charge in [-0.15, -0.1) is 17.7 Å². The Morgan fingerprint density at radius 1 is 0.543 bits per heavy atom. The van der Waals surface area contributed by atoms with Crippen molar-refractivity contribution in [2.75, 3.05) is 5.75 Å². The van der Waals surface area contributed by atoms with Gasteiger partial charge in [-0.05, 0) is 35.1 Å². The molecule has 2 heteroatoms. The van der Waals surface area contributed by atoms with Crippen LogP contribution in [0.1, 0.15) is 12.8 Å². The van der Waals surface area contributed by atoms with Gasteiger partial charge in [-0.25, -0.2) is 0 Å². The molecular formula is C33H28BS-. The Balaban J connectivity index is 1.38. The Morgan fingerprint density at radius 3 is 1.63 bits per heavy atom. The number of hydrogen-bond donors (Lipinski definition) is 0. The van der Waals surface area contributed by atoms with E-state index in [2.05, 4.69) is 145 Å². The summed E-state index contributed by atoms with van der Waals surface area (Å²) in [6.07, 6.45) is 0.579. The Kier molecular flexibility index (Phi) is 7.37. The summed E-state index contributed by atoms with van der Waals surface area (Å²) in [6, 6.07) is 47.6. The van der Waals surface area contributed by atoms with E-state index in [1.54, 1.807) is 0 Å². The summed E-state index contributed by atoms with van der Waals surface area (Å²) in [5.74, 6) is 8.47. The third-order valence-corrected chi connectivity index (χ3v) is 7.73. The molecule has 0 spiro atoms. The molecule has 0 bridgehead atoms. The van der Waals surface area contributed by atoms with Crippen LogP contribution in [0.5, 0.6) is 0 Å². The third kappa shape index (κ3) is 5.22. The molecule has 0 radical (unpaired) electrons. The van der Waals surface area contributed by atoms with E-state index in [0.717, 1.165) is 18.6 Å². The van der Waals surface area contributed by atoms with Crippen LogP contribution >= 0.6 is 11.8 Å². The molecule has 5 rings (SSSR count). The maximum Gasteiger partial charge on any atom is 0.149 e. The monoisotopic (exact) mass is 467 g/mol. The van der Waals surface area contributed by atoms with Gasteiger partial charge in [0.05, 0.1) is 0 Å². The van der Waals surface area contributed by atoms with Gasteiger partial charge in [-0.1, -0.05) is 121 Å². The second kappa shape index (κ2) is 11.2. The van der Waals surface area contributed by atoms with E-state index in [9.17, 15) is 0 Å². The molecule has 0 fully saturated rings. The van der Waals surface area contributed by atoms with Crippen LogP contribution in [0.3, 0.4) is 0 Å². The standard InChI is InChI=1S/C33H28BS/c1-5-17-30(18-6-1)34(31-19-7-2-8-20-31,32-21-9-3-10-22-32)25-13-4-14-26-35-33-24-23-28-15-11-12-16-29(28)27-33/h1-3,5-12,15-24,27H,4,14,26H2/q-1. The number of thioether (sulfide) groups is 1. The first-order chi connectivity index (χ1) is 17.4. The molecule has 0 saturated carbocycles. The summed E-state index contributed by atoms with van der Waals surface area (Å²) in [6.45, 7) is 0. The molecular weight excluding hydrogens is 439 g/mol. The van der Waals surface area contributed by atoms with Gasteiger partial charge in [0.25, 0.3) is 0 Å². The fourth-order valence-electron chi connectivity index (χ4n) is 4.89. The van der Waals surface area contributed by atoms with Crippen molar-refractivity contribution in [3.05, 3.63) is 133 Å². The van der Waals surface area contributed by atoms with E-state index in [1.807, 2.05) is 11.8 Å². The molecule has 0 unspecified atom stereocenters. The minimum Gasteiger partial charge on any atom is -0.297 e. The highest BCUT2D eigenvalue weighted by Crippen LogP contribution is 2.24. The smallest absolute Gasteiger partial charge is 0.149 e. The van der Waals surface area contributed by atoms with E-state index in [-0.39, 0.29) is 0 Å². The van der Waals surface area contributed by atoms with E-state index in [4.69, 9.17) is 0 Å². The molecule has 0 saturated heterocycles. The average molecular weight is 467 g/mol. The zero-order chi connectivity index (χ0) is 23.8. The molecule has 0 aromatic heterocycles. The molecule has 0 nitrogen and oxygen atoms in total. The van der Waals surface area contributed by atoms with Crippen LogP contribution < -0.4 is 16.4 Å². The molecule has 5 aromatic rings. The summed E-state index contributed by atoms with van der Waals surface area (Å²) in [5.41, 5.74) is 3.80. The summed E-state index contributed by atoms with van der Waals surface area (Å²) in [7, 11) is 0. The van der Waals surface area contributed by atoms with Gasteiger partial charge in [-0.2, -0.15) is 16.4 Å². The van der Waals surface area contributed by atoms with Crippen molar-refractivity contribution in [1.82, 2.24) is 0 Å². The van der Waals surface area contributed by atoms with E-state index in [0.29, 0.717) is 0 Å². The lowest BCUT2D eigenvalue weighted by molar-refractivity contribution is 0.997. The number of rotatable bonds is 7. The molecule has 0 amide bonds. The average Bonchev–Trinajstić information content (AvgIpc) is 2.94. The number of benzene rings is 5. The highest BCUT2D eigenvalue weighted by Gasteiger charge is 2.27. The molecule has 0 atom stereocenters. The van der Waals surface area contributed by atoms with Crippen LogP contribution in [0.2, 0.25) is 0 Å². The first kappa shape index (κ1) is 23.1. The topological polar surface area (TPSA) is 0 Å². The molecule has 5 aromatic carbocycles. The zero-order valence-electron chi connectivity index (χ0n) is 19.8. The maximum atomic E-state index is 3.81. The molecule has 170 valence electrons. The fourth-order valence-corrected chi connectivity index (χ4v) is 5.78. The minimum atomic E-state index is -1.37. The molecule has 35 heavy (non-hydrogen) atoms. The van der Waals surface area contributed by atoms with Crippen molar-refractivity contribution in [2.24, 2.45) is 0 Å². The Labute approximate surface area is 213 Å². The van der Waals surface area contributed by atoms with Gasteiger partial charge in [0.1, 0.15) is 6.15 Å². The predicted molar refractivity (Wildman–Crippen MR) is 156 cm³/mol. The first-order valence-electron chi connectivity index (χ1n) is 12.3. The number of fused-ring (bicyclic) bond motifs is 1. The van der Waals surface area contributed by atoms with Crippen molar-refractivity contribution in [2.45, 2.75) is 17.7 Å². The zero-order valence-corrected chi connectivity index (χ0v) is 20.6. The summed E-state index contributed by atoms with van der Waals surface area (Å²) >= 11 is 1.92. The lowest BCUT2D eigenvalue weighted by Gasteiger charge is -2.38. The fraction of sp³-hybridized carbons (Fsp3) is 0.0909. The van der Waals surface area contributed by atoms with E-state index >= 15 is 0 Å². The van der Waals surface area contributed by atoms with Crippen molar-refractivity contribution >= 4 is 45.1 Å². The normalized spacial score (nSPS) is 11.1. The van der Waals surface area contributed by atoms with Gasteiger partial charge < -0.3 is 0 Å². The molecule has 0 N–H and O–H groups in total.